The van der Waals surface area contributed by atoms with Crippen LogP contribution in [0.4, 0.5) is 0 Å². The Bertz CT molecular complexity index is 541. The van der Waals surface area contributed by atoms with E-state index in [-0.39, 0.29) is 6.10 Å². The van der Waals surface area contributed by atoms with Crippen LogP contribution in [-0.2, 0) is 0 Å². The van der Waals surface area contributed by atoms with Gasteiger partial charge in [0.1, 0.15) is 0 Å². The maximum absolute atomic E-state index is 10.0. The molecule has 120 valence electrons. The van der Waals surface area contributed by atoms with Crippen molar-refractivity contribution in [2.24, 2.45) is 34.5 Å². The first-order valence-electron chi connectivity index (χ1n) is 9.34. The molecule has 3 saturated carbocycles. The Kier molecular flexibility index (Phi) is 3.29. The van der Waals surface area contributed by atoms with Gasteiger partial charge in [0.2, 0.25) is 0 Å². The van der Waals surface area contributed by atoms with Crippen molar-refractivity contribution in [3.8, 4) is 12.3 Å². The van der Waals surface area contributed by atoms with Gasteiger partial charge in [0.25, 0.3) is 0 Å². The first-order valence-corrected chi connectivity index (χ1v) is 9.34. The van der Waals surface area contributed by atoms with E-state index < -0.39 is 0 Å². The number of allylic oxidation sites excluding steroid dienone is 1. The molecule has 0 aromatic heterocycles. The molecule has 1 nitrogen and oxygen atoms in total. The fraction of sp³-hybridized carbons (Fsp3) is 0.810. The standard InChI is InChI=1S/C21H30O/c1-4-14-6-8-18-17-7-5-15-13-16(22)9-11-21(15,3)19(17)10-12-20(14,18)2/h1,13-14,16-19,22H,5-12H2,2-3H3/t14?,16-,17?,18?,19?,20?,21?/m0/s1. The largest absolute Gasteiger partial charge is 0.389 e. The second-order valence-electron chi connectivity index (χ2n) is 8.97. The Balaban J connectivity index is 1.67. The Hall–Kier alpha value is -0.740. The van der Waals surface area contributed by atoms with Crippen LogP contribution in [-0.4, -0.2) is 11.2 Å². The van der Waals surface area contributed by atoms with E-state index in [9.17, 15) is 5.11 Å². The molecule has 0 aliphatic heterocycles. The van der Waals surface area contributed by atoms with Gasteiger partial charge in [-0.15, -0.1) is 12.3 Å². The van der Waals surface area contributed by atoms with Crippen LogP contribution in [0.3, 0.4) is 0 Å². The number of hydrogen-bond donors (Lipinski definition) is 1. The molecule has 4 rings (SSSR count). The third-order valence-corrected chi connectivity index (χ3v) is 8.29. The zero-order valence-corrected chi connectivity index (χ0v) is 14.1. The molecule has 0 aromatic carbocycles. The van der Waals surface area contributed by atoms with Gasteiger partial charge in [0.15, 0.2) is 0 Å². The van der Waals surface area contributed by atoms with Gasteiger partial charge < -0.3 is 5.11 Å². The normalized spacial score (nSPS) is 53.7. The van der Waals surface area contributed by atoms with Crippen molar-refractivity contribution in [2.45, 2.75) is 71.3 Å². The zero-order chi connectivity index (χ0) is 15.5. The van der Waals surface area contributed by atoms with Gasteiger partial charge in [-0.2, -0.15) is 0 Å². The summed E-state index contributed by atoms with van der Waals surface area (Å²) < 4.78 is 0. The van der Waals surface area contributed by atoms with Crippen molar-refractivity contribution in [1.82, 2.24) is 0 Å². The van der Waals surface area contributed by atoms with E-state index >= 15 is 0 Å². The summed E-state index contributed by atoms with van der Waals surface area (Å²) in [6.45, 7) is 4.99. The number of aliphatic hydroxyl groups excluding tert-OH is 1. The monoisotopic (exact) mass is 298 g/mol. The van der Waals surface area contributed by atoms with Crippen LogP contribution >= 0.6 is 0 Å². The Labute approximate surface area is 135 Å². The van der Waals surface area contributed by atoms with Crippen molar-refractivity contribution in [1.29, 1.82) is 0 Å². The summed E-state index contributed by atoms with van der Waals surface area (Å²) in [6, 6.07) is 0. The molecule has 6 unspecified atom stereocenters. The number of hydrogen-bond acceptors (Lipinski definition) is 1. The van der Waals surface area contributed by atoms with E-state index in [2.05, 4.69) is 25.8 Å². The lowest BCUT2D eigenvalue weighted by atomic mass is 9.47. The van der Waals surface area contributed by atoms with Gasteiger partial charge >= 0.3 is 0 Å². The SMILES string of the molecule is C#CC1CCC2C3CCC4=C[C@@H](O)CCC4(C)C3CCC12C. The quantitative estimate of drug-likeness (QED) is 0.513. The topological polar surface area (TPSA) is 20.2 Å². The highest BCUT2D eigenvalue weighted by Crippen LogP contribution is 2.66. The van der Waals surface area contributed by atoms with Crippen molar-refractivity contribution in [3.05, 3.63) is 11.6 Å². The molecule has 7 atom stereocenters. The molecule has 0 amide bonds. The Morgan fingerprint density at radius 1 is 1.09 bits per heavy atom. The Morgan fingerprint density at radius 3 is 2.68 bits per heavy atom. The fourth-order valence-corrected chi connectivity index (χ4v) is 6.98. The number of rotatable bonds is 0. The average Bonchev–Trinajstić information content (AvgIpc) is 2.84. The molecule has 0 spiro atoms. The van der Waals surface area contributed by atoms with Gasteiger partial charge in [-0.05, 0) is 80.0 Å². The van der Waals surface area contributed by atoms with Crippen molar-refractivity contribution in [3.63, 3.8) is 0 Å². The fourth-order valence-electron chi connectivity index (χ4n) is 6.98. The summed E-state index contributed by atoms with van der Waals surface area (Å²) in [6.07, 6.45) is 17.8. The number of terminal acetylenes is 1. The van der Waals surface area contributed by atoms with Crippen LogP contribution in [0.15, 0.2) is 11.6 Å². The highest BCUT2D eigenvalue weighted by molar-refractivity contribution is 5.26. The predicted molar refractivity (Wildman–Crippen MR) is 90.0 cm³/mol. The average molecular weight is 298 g/mol. The summed E-state index contributed by atoms with van der Waals surface area (Å²) in [4.78, 5) is 0. The molecule has 0 aromatic rings. The highest BCUT2D eigenvalue weighted by atomic mass is 16.3. The molecule has 1 N–H and O–H groups in total. The van der Waals surface area contributed by atoms with E-state index in [0.717, 1.165) is 24.2 Å². The molecule has 1 heteroatoms. The predicted octanol–water partition coefficient (Wildman–Crippen LogP) is 4.56. The molecule has 0 radical (unpaired) electrons. The third kappa shape index (κ3) is 1.83. The lowest BCUT2D eigenvalue weighted by molar-refractivity contribution is -0.0486. The van der Waals surface area contributed by atoms with Crippen LogP contribution in [0.2, 0.25) is 0 Å². The second-order valence-corrected chi connectivity index (χ2v) is 8.97. The molecule has 3 fully saturated rings. The van der Waals surface area contributed by atoms with Gasteiger partial charge in [0.05, 0.1) is 6.10 Å². The maximum atomic E-state index is 10.0. The van der Waals surface area contributed by atoms with Crippen molar-refractivity contribution >= 4 is 0 Å². The van der Waals surface area contributed by atoms with E-state index in [1.807, 2.05) is 0 Å². The van der Waals surface area contributed by atoms with E-state index in [1.165, 1.54) is 44.9 Å². The van der Waals surface area contributed by atoms with Gasteiger partial charge in [-0.25, -0.2) is 0 Å². The lowest BCUT2D eigenvalue weighted by Gasteiger charge is -2.58. The summed E-state index contributed by atoms with van der Waals surface area (Å²) in [5, 5.41) is 10.0. The molecule has 0 heterocycles. The summed E-state index contributed by atoms with van der Waals surface area (Å²) in [5.41, 5.74) is 2.34. The molecule has 0 saturated heterocycles. The summed E-state index contributed by atoms with van der Waals surface area (Å²) in [5.74, 6) is 6.18. The summed E-state index contributed by atoms with van der Waals surface area (Å²) >= 11 is 0. The molecule has 0 bridgehead atoms. The molecular formula is C21H30O. The van der Waals surface area contributed by atoms with Gasteiger partial charge in [-0.3, -0.25) is 0 Å². The van der Waals surface area contributed by atoms with Crippen molar-refractivity contribution < 1.29 is 5.11 Å². The minimum Gasteiger partial charge on any atom is -0.389 e. The first-order chi connectivity index (χ1) is 10.5. The molecule has 4 aliphatic carbocycles. The van der Waals surface area contributed by atoms with Crippen LogP contribution in [0, 0.1) is 46.8 Å². The highest BCUT2D eigenvalue weighted by Gasteiger charge is 2.58. The third-order valence-electron chi connectivity index (χ3n) is 8.29. The molecular weight excluding hydrogens is 268 g/mol. The molecule has 22 heavy (non-hydrogen) atoms. The van der Waals surface area contributed by atoms with Crippen molar-refractivity contribution in [2.75, 3.05) is 0 Å². The number of aliphatic hydroxyl groups is 1. The minimum absolute atomic E-state index is 0.189. The first kappa shape index (κ1) is 14.8. The minimum atomic E-state index is -0.189. The van der Waals surface area contributed by atoms with Gasteiger partial charge in [0, 0.05) is 5.92 Å². The van der Waals surface area contributed by atoms with Crippen LogP contribution in [0.1, 0.15) is 65.2 Å². The Morgan fingerprint density at radius 2 is 1.91 bits per heavy atom. The van der Waals surface area contributed by atoms with Crippen LogP contribution in [0.25, 0.3) is 0 Å². The van der Waals surface area contributed by atoms with Crippen LogP contribution < -0.4 is 0 Å². The zero-order valence-electron chi connectivity index (χ0n) is 14.1. The van der Waals surface area contributed by atoms with Gasteiger partial charge in [-0.1, -0.05) is 25.5 Å². The maximum Gasteiger partial charge on any atom is 0.0724 e. The van der Waals surface area contributed by atoms with E-state index in [0.29, 0.717) is 16.7 Å². The van der Waals surface area contributed by atoms with E-state index in [4.69, 9.17) is 6.42 Å². The lowest BCUT2D eigenvalue weighted by Crippen LogP contribution is -2.50. The smallest absolute Gasteiger partial charge is 0.0724 e. The summed E-state index contributed by atoms with van der Waals surface area (Å²) in [7, 11) is 0. The second kappa shape index (κ2) is 4.88. The number of fused-ring (bicyclic) bond motifs is 5. The molecule has 4 aliphatic rings. The van der Waals surface area contributed by atoms with E-state index in [1.54, 1.807) is 5.57 Å². The van der Waals surface area contributed by atoms with Crippen LogP contribution in [0.5, 0.6) is 0 Å².